The third-order valence-electron chi connectivity index (χ3n) is 4.26. The molecular weight excluding hydrogens is 352 g/mol. The molecule has 132 valence electrons. The molecule has 0 unspecified atom stereocenters. The van der Waals surface area contributed by atoms with Crippen molar-refractivity contribution in [1.82, 2.24) is 10.1 Å². The number of hydrogen-bond acceptors (Lipinski definition) is 6. The minimum absolute atomic E-state index is 0.139. The Kier molecular flexibility index (Phi) is 4.26. The topological polar surface area (TPSA) is 88.3 Å². The quantitative estimate of drug-likeness (QED) is 0.763. The van der Waals surface area contributed by atoms with Crippen molar-refractivity contribution in [3.63, 3.8) is 0 Å². The van der Waals surface area contributed by atoms with Crippen molar-refractivity contribution in [2.75, 3.05) is 16.8 Å². The molecule has 0 radical (unpaired) electrons. The van der Waals surface area contributed by atoms with Gasteiger partial charge in [0.1, 0.15) is 0 Å². The van der Waals surface area contributed by atoms with E-state index in [1.165, 1.54) is 23.6 Å². The van der Waals surface area contributed by atoms with Gasteiger partial charge in [0.15, 0.2) is 5.13 Å². The van der Waals surface area contributed by atoms with E-state index in [0.717, 1.165) is 35.5 Å². The molecule has 2 amide bonds. The third kappa shape index (κ3) is 2.99. The number of benzene rings is 1. The molecule has 26 heavy (non-hydrogen) atoms. The van der Waals surface area contributed by atoms with Crippen molar-refractivity contribution in [2.45, 2.75) is 19.8 Å². The third-order valence-corrected chi connectivity index (χ3v) is 5.02. The van der Waals surface area contributed by atoms with Crippen LogP contribution in [0.2, 0.25) is 0 Å². The highest BCUT2D eigenvalue weighted by atomic mass is 32.1. The normalized spacial score (nSPS) is 12.9. The van der Waals surface area contributed by atoms with Crippen molar-refractivity contribution < 1.29 is 14.1 Å². The minimum Gasteiger partial charge on any atom is -0.351 e. The highest BCUT2D eigenvalue weighted by Crippen LogP contribution is 2.33. The number of nitrogens with one attached hydrogen (secondary N) is 1. The van der Waals surface area contributed by atoms with Gasteiger partial charge in [0, 0.05) is 35.7 Å². The molecule has 3 aromatic rings. The molecule has 0 saturated heterocycles. The van der Waals surface area contributed by atoms with E-state index in [2.05, 4.69) is 21.5 Å². The first-order chi connectivity index (χ1) is 12.7. The van der Waals surface area contributed by atoms with Crippen LogP contribution in [-0.2, 0) is 11.2 Å². The summed E-state index contributed by atoms with van der Waals surface area (Å²) in [5.74, 6) is -0.103. The van der Waals surface area contributed by atoms with E-state index in [1.54, 1.807) is 0 Å². The Bertz CT molecular complexity index is 965. The average Bonchev–Trinajstić information content (AvgIpc) is 3.40. The van der Waals surface area contributed by atoms with Gasteiger partial charge in [0.2, 0.25) is 11.7 Å². The fourth-order valence-electron chi connectivity index (χ4n) is 2.97. The van der Waals surface area contributed by atoms with Gasteiger partial charge in [-0.15, -0.1) is 11.3 Å². The van der Waals surface area contributed by atoms with Crippen molar-refractivity contribution in [2.24, 2.45) is 0 Å². The average molecular weight is 368 g/mol. The first-order valence-electron chi connectivity index (χ1n) is 8.27. The Morgan fingerprint density at radius 2 is 2.23 bits per heavy atom. The standard InChI is InChI=1S/C18H16N4O3S/c1-2-16(23)22-8-6-12-9-11(3-4-14(12)22)13-10-26-18(20-13)21-17(24)15-5-7-19-25-15/h3-5,7,9-10H,2,6,8H2,1H3,(H,20,21,24). The second kappa shape index (κ2) is 6.72. The molecule has 2 aromatic heterocycles. The Hall–Kier alpha value is -3.00. The summed E-state index contributed by atoms with van der Waals surface area (Å²) in [6.45, 7) is 2.60. The summed E-state index contributed by atoms with van der Waals surface area (Å²) in [6.07, 6.45) is 2.76. The van der Waals surface area contributed by atoms with Gasteiger partial charge in [-0.1, -0.05) is 18.1 Å². The van der Waals surface area contributed by atoms with Crippen LogP contribution in [0, 0.1) is 0 Å². The van der Waals surface area contributed by atoms with Gasteiger partial charge in [-0.25, -0.2) is 4.98 Å². The number of carbonyl (C=O) groups is 2. The van der Waals surface area contributed by atoms with Crippen LogP contribution in [0.15, 0.2) is 40.4 Å². The smallest absolute Gasteiger partial charge is 0.296 e. The summed E-state index contributed by atoms with van der Waals surface area (Å²) in [6, 6.07) is 7.48. The number of amides is 2. The Balaban J connectivity index is 1.53. The van der Waals surface area contributed by atoms with E-state index in [4.69, 9.17) is 4.52 Å². The molecule has 0 fully saturated rings. The van der Waals surface area contributed by atoms with Crippen LogP contribution in [0.25, 0.3) is 11.3 Å². The largest absolute Gasteiger partial charge is 0.351 e. The molecule has 3 heterocycles. The first-order valence-corrected chi connectivity index (χ1v) is 9.15. The number of nitrogens with zero attached hydrogens (tertiary/aromatic N) is 3. The highest BCUT2D eigenvalue weighted by Gasteiger charge is 2.24. The zero-order chi connectivity index (χ0) is 18.1. The lowest BCUT2D eigenvalue weighted by Crippen LogP contribution is -2.27. The van der Waals surface area contributed by atoms with E-state index in [1.807, 2.05) is 29.3 Å². The van der Waals surface area contributed by atoms with Gasteiger partial charge in [0.05, 0.1) is 11.9 Å². The fourth-order valence-corrected chi connectivity index (χ4v) is 3.68. The van der Waals surface area contributed by atoms with E-state index in [9.17, 15) is 9.59 Å². The minimum atomic E-state index is -0.383. The Morgan fingerprint density at radius 1 is 1.35 bits per heavy atom. The van der Waals surface area contributed by atoms with Crippen LogP contribution in [-0.4, -0.2) is 28.5 Å². The maximum atomic E-state index is 12.0. The molecule has 0 spiro atoms. The Labute approximate surface area is 153 Å². The number of aromatic nitrogens is 2. The highest BCUT2D eigenvalue weighted by molar-refractivity contribution is 7.14. The van der Waals surface area contributed by atoms with Crippen LogP contribution < -0.4 is 10.2 Å². The maximum Gasteiger partial charge on any atom is 0.296 e. The van der Waals surface area contributed by atoms with Crippen LogP contribution in [0.3, 0.4) is 0 Å². The molecule has 1 N–H and O–H groups in total. The predicted octanol–water partition coefficient (Wildman–Crippen LogP) is 3.35. The number of carbonyl (C=O) groups excluding carboxylic acids is 2. The number of fused-ring (bicyclic) bond motifs is 1. The van der Waals surface area contributed by atoms with Crippen LogP contribution in [0.1, 0.15) is 29.5 Å². The maximum absolute atomic E-state index is 12.0. The molecule has 0 atom stereocenters. The lowest BCUT2D eigenvalue weighted by molar-refractivity contribution is -0.118. The van der Waals surface area contributed by atoms with Gasteiger partial charge < -0.3 is 9.42 Å². The van der Waals surface area contributed by atoms with Gasteiger partial charge in [-0.05, 0) is 24.1 Å². The Morgan fingerprint density at radius 3 is 3.00 bits per heavy atom. The zero-order valence-electron chi connectivity index (χ0n) is 14.1. The van der Waals surface area contributed by atoms with Gasteiger partial charge in [-0.2, -0.15) is 0 Å². The second-order valence-electron chi connectivity index (χ2n) is 5.86. The van der Waals surface area contributed by atoms with E-state index in [-0.39, 0.29) is 17.6 Å². The van der Waals surface area contributed by atoms with Crippen molar-refractivity contribution in [3.05, 3.63) is 47.2 Å². The molecule has 1 aliphatic rings. The molecule has 1 aromatic carbocycles. The lowest BCUT2D eigenvalue weighted by Gasteiger charge is -2.16. The van der Waals surface area contributed by atoms with Crippen molar-refractivity contribution in [3.8, 4) is 11.3 Å². The zero-order valence-corrected chi connectivity index (χ0v) is 14.9. The van der Waals surface area contributed by atoms with Crippen molar-refractivity contribution in [1.29, 1.82) is 0 Å². The predicted molar refractivity (Wildman–Crippen MR) is 98.4 cm³/mol. The SMILES string of the molecule is CCC(=O)N1CCc2cc(-c3csc(NC(=O)c4ccno4)n3)ccc21. The van der Waals surface area contributed by atoms with Crippen LogP contribution >= 0.6 is 11.3 Å². The number of rotatable bonds is 4. The number of thiazole rings is 1. The van der Waals surface area contributed by atoms with E-state index < -0.39 is 0 Å². The first kappa shape index (κ1) is 16.5. The summed E-state index contributed by atoms with van der Waals surface area (Å²) in [7, 11) is 0. The number of anilines is 2. The summed E-state index contributed by atoms with van der Waals surface area (Å²) >= 11 is 1.34. The molecule has 0 saturated carbocycles. The van der Waals surface area contributed by atoms with Crippen LogP contribution in [0.5, 0.6) is 0 Å². The molecule has 4 rings (SSSR count). The number of hydrogen-bond donors (Lipinski definition) is 1. The van der Waals surface area contributed by atoms with E-state index >= 15 is 0 Å². The molecule has 7 nitrogen and oxygen atoms in total. The van der Waals surface area contributed by atoms with Gasteiger partial charge in [0.25, 0.3) is 5.91 Å². The lowest BCUT2D eigenvalue weighted by atomic mass is 10.1. The summed E-state index contributed by atoms with van der Waals surface area (Å²) in [5.41, 5.74) is 3.87. The fraction of sp³-hybridized carbons (Fsp3) is 0.222. The molecular formula is C18H16N4O3S. The monoisotopic (exact) mass is 368 g/mol. The van der Waals surface area contributed by atoms with Gasteiger partial charge >= 0.3 is 0 Å². The molecule has 0 aliphatic carbocycles. The second-order valence-corrected chi connectivity index (χ2v) is 6.72. The van der Waals surface area contributed by atoms with Crippen LogP contribution in [0.4, 0.5) is 10.8 Å². The molecule has 0 bridgehead atoms. The summed E-state index contributed by atoms with van der Waals surface area (Å²) in [5, 5.41) is 8.59. The van der Waals surface area contributed by atoms with Gasteiger partial charge in [-0.3, -0.25) is 14.9 Å². The molecule has 1 aliphatic heterocycles. The van der Waals surface area contributed by atoms with E-state index in [0.29, 0.717) is 11.6 Å². The summed E-state index contributed by atoms with van der Waals surface area (Å²) < 4.78 is 4.83. The molecule has 8 heteroatoms. The van der Waals surface area contributed by atoms with Crippen molar-refractivity contribution >= 4 is 34.0 Å². The summed E-state index contributed by atoms with van der Waals surface area (Å²) in [4.78, 5) is 30.3.